The summed E-state index contributed by atoms with van der Waals surface area (Å²) in [6, 6.07) is 0. The highest BCUT2D eigenvalue weighted by Crippen LogP contribution is 2.31. The standard InChI is InChI=1S/C19H32N4O4/c24-18(21-25)13-16(8-4-7-15-5-2-1-3-6-15)19-20-17(22-27-19)14-23-9-11-26-12-10-23/h15-16,25H,1-14H2,(H,21,24)/t16-/m0/s1. The first kappa shape index (κ1) is 20.2. The third kappa shape index (κ3) is 6.55. The van der Waals surface area contributed by atoms with E-state index < -0.39 is 5.91 Å². The number of hydrogen-bond acceptors (Lipinski definition) is 7. The molecule has 1 aliphatic carbocycles. The fourth-order valence-corrected chi connectivity index (χ4v) is 4.17. The van der Waals surface area contributed by atoms with Crippen LogP contribution < -0.4 is 5.48 Å². The number of hydrogen-bond donors (Lipinski definition) is 2. The van der Waals surface area contributed by atoms with Gasteiger partial charge in [0.2, 0.25) is 11.8 Å². The zero-order chi connectivity index (χ0) is 18.9. The van der Waals surface area contributed by atoms with Gasteiger partial charge in [-0.05, 0) is 12.3 Å². The lowest BCUT2D eigenvalue weighted by molar-refractivity contribution is -0.129. The minimum Gasteiger partial charge on any atom is -0.379 e. The van der Waals surface area contributed by atoms with Crippen LogP contribution in [-0.4, -0.2) is 52.5 Å². The van der Waals surface area contributed by atoms with Crippen molar-refractivity contribution in [1.82, 2.24) is 20.5 Å². The van der Waals surface area contributed by atoms with E-state index in [1.807, 2.05) is 0 Å². The number of hydroxylamine groups is 1. The van der Waals surface area contributed by atoms with Crippen LogP contribution in [0, 0.1) is 5.92 Å². The molecule has 8 heteroatoms. The lowest BCUT2D eigenvalue weighted by Gasteiger charge is -2.24. The summed E-state index contributed by atoms with van der Waals surface area (Å²) in [6.45, 7) is 3.81. The smallest absolute Gasteiger partial charge is 0.244 e. The van der Waals surface area contributed by atoms with Crippen molar-refractivity contribution in [2.24, 2.45) is 5.92 Å². The highest BCUT2D eigenvalue weighted by Gasteiger charge is 2.24. The van der Waals surface area contributed by atoms with Crippen LogP contribution in [0.25, 0.3) is 0 Å². The Morgan fingerprint density at radius 3 is 2.78 bits per heavy atom. The topological polar surface area (TPSA) is 101 Å². The van der Waals surface area contributed by atoms with Crippen molar-refractivity contribution in [1.29, 1.82) is 0 Å². The van der Waals surface area contributed by atoms with Gasteiger partial charge >= 0.3 is 0 Å². The van der Waals surface area contributed by atoms with E-state index in [0.29, 0.717) is 18.3 Å². The van der Waals surface area contributed by atoms with Crippen molar-refractivity contribution in [3.63, 3.8) is 0 Å². The number of nitrogens with zero attached hydrogens (tertiary/aromatic N) is 3. The summed E-state index contributed by atoms with van der Waals surface area (Å²) >= 11 is 0. The van der Waals surface area contributed by atoms with Gasteiger partial charge in [0.15, 0.2) is 5.82 Å². The number of carbonyl (C=O) groups excluding carboxylic acids is 1. The zero-order valence-corrected chi connectivity index (χ0v) is 16.1. The molecule has 1 aliphatic heterocycles. The second-order valence-electron chi connectivity index (χ2n) is 7.81. The summed E-state index contributed by atoms with van der Waals surface area (Å²) in [4.78, 5) is 18.5. The highest BCUT2D eigenvalue weighted by atomic mass is 16.5. The molecule has 2 aliphatic rings. The van der Waals surface area contributed by atoms with Gasteiger partial charge in [-0.3, -0.25) is 14.9 Å². The summed E-state index contributed by atoms with van der Waals surface area (Å²) in [5.41, 5.74) is 1.73. The van der Waals surface area contributed by atoms with Gasteiger partial charge in [-0.15, -0.1) is 0 Å². The first-order chi connectivity index (χ1) is 13.2. The fourth-order valence-electron chi connectivity index (χ4n) is 4.17. The van der Waals surface area contributed by atoms with Crippen LogP contribution in [0.4, 0.5) is 0 Å². The summed E-state index contributed by atoms with van der Waals surface area (Å²) in [6.07, 6.45) is 9.91. The summed E-state index contributed by atoms with van der Waals surface area (Å²) in [5.74, 6) is 1.40. The monoisotopic (exact) mass is 380 g/mol. The predicted molar refractivity (Wildman–Crippen MR) is 98.1 cm³/mol. The highest BCUT2D eigenvalue weighted by molar-refractivity contribution is 5.75. The number of rotatable bonds is 9. The summed E-state index contributed by atoms with van der Waals surface area (Å²) in [5, 5.41) is 13.0. The van der Waals surface area contributed by atoms with Gasteiger partial charge in [0, 0.05) is 25.4 Å². The molecule has 0 unspecified atom stereocenters. The molecule has 8 nitrogen and oxygen atoms in total. The Kier molecular flexibility index (Phi) is 8.04. The van der Waals surface area contributed by atoms with Crippen molar-refractivity contribution >= 4 is 5.91 Å². The van der Waals surface area contributed by atoms with Crippen molar-refractivity contribution in [3.05, 3.63) is 11.7 Å². The van der Waals surface area contributed by atoms with Gasteiger partial charge in [-0.25, -0.2) is 5.48 Å². The molecule has 3 rings (SSSR count). The van der Waals surface area contributed by atoms with Crippen molar-refractivity contribution in [2.75, 3.05) is 26.3 Å². The Hall–Kier alpha value is -1.51. The molecule has 0 bridgehead atoms. The molecular formula is C19H32N4O4. The van der Waals surface area contributed by atoms with Crippen LogP contribution in [-0.2, 0) is 16.1 Å². The first-order valence-electron chi connectivity index (χ1n) is 10.3. The van der Waals surface area contributed by atoms with E-state index in [9.17, 15) is 4.79 Å². The second-order valence-corrected chi connectivity index (χ2v) is 7.81. The number of aromatic nitrogens is 2. The number of carbonyl (C=O) groups is 1. The zero-order valence-electron chi connectivity index (χ0n) is 16.1. The SMILES string of the molecule is O=C(C[C@H](CCCC1CCCCC1)c1nc(CN2CCOCC2)no1)NO. The summed E-state index contributed by atoms with van der Waals surface area (Å²) in [7, 11) is 0. The molecular weight excluding hydrogens is 348 g/mol. The Labute approximate surface area is 160 Å². The molecule has 0 spiro atoms. The molecule has 2 fully saturated rings. The lowest BCUT2D eigenvalue weighted by atomic mass is 9.84. The number of amides is 1. The van der Waals surface area contributed by atoms with Gasteiger partial charge in [-0.1, -0.05) is 50.1 Å². The molecule has 1 amide bonds. The molecule has 152 valence electrons. The molecule has 27 heavy (non-hydrogen) atoms. The minimum absolute atomic E-state index is 0.147. The Morgan fingerprint density at radius 1 is 1.26 bits per heavy atom. The van der Waals surface area contributed by atoms with Crippen molar-refractivity contribution in [3.8, 4) is 0 Å². The van der Waals surface area contributed by atoms with Crippen LogP contribution in [0.5, 0.6) is 0 Å². The van der Waals surface area contributed by atoms with E-state index >= 15 is 0 Å². The number of morpholine rings is 1. The molecule has 1 atom stereocenters. The molecule has 0 aromatic carbocycles. The van der Waals surface area contributed by atoms with Crippen LogP contribution in [0.15, 0.2) is 4.52 Å². The summed E-state index contributed by atoms with van der Waals surface area (Å²) < 4.78 is 10.8. The Bertz CT molecular complexity index is 568. The lowest BCUT2D eigenvalue weighted by Crippen LogP contribution is -2.35. The molecule has 1 saturated carbocycles. The van der Waals surface area contributed by atoms with Gasteiger partial charge < -0.3 is 9.26 Å². The first-order valence-corrected chi connectivity index (χ1v) is 10.3. The molecule has 1 saturated heterocycles. The van der Waals surface area contributed by atoms with Crippen molar-refractivity contribution in [2.45, 2.75) is 70.3 Å². The third-order valence-electron chi connectivity index (χ3n) is 5.75. The Balaban J connectivity index is 1.53. The maximum absolute atomic E-state index is 11.7. The van der Waals surface area contributed by atoms with Gasteiger partial charge in [0.05, 0.1) is 19.8 Å². The van der Waals surface area contributed by atoms with E-state index in [0.717, 1.165) is 45.1 Å². The number of ether oxygens (including phenoxy) is 1. The average molecular weight is 380 g/mol. The van der Waals surface area contributed by atoms with Crippen LogP contribution in [0.3, 0.4) is 0 Å². The van der Waals surface area contributed by atoms with Crippen LogP contribution >= 0.6 is 0 Å². The fraction of sp³-hybridized carbons (Fsp3) is 0.842. The van der Waals surface area contributed by atoms with Gasteiger partial charge in [0.1, 0.15) is 0 Å². The van der Waals surface area contributed by atoms with Gasteiger partial charge in [-0.2, -0.15) is 4.98 Å². The molecule has 1 aromatic rings. The van der Waals surface area contributed by atoms with E-state index in [2.05, 4.69) is 15.0 Å². The normalized spacial score (nSPS) is 20.5. The predicted octanol–water partition coefficient (Wildman–Crippen LogP) is 2.63. The van der Waals surface area contributed by atoms with Gasteiger partial charge in [0.25, 0.3) is 0 Å². The molecule has 0 radical (unpaired) electrons. The van der Waals surface area contributed by atoms with E-state index in [1.165, 1.54) is 38.5 Å². The second kappa shape index (κ2) is 10.7. The average Bonchev–Trinajstić information content (AvgIpc) is 3.17. The third-order valence-corrected chi connectivity index (χ3v) is 5.75. The molecule has 2 N–H and O–H groups in total. The quantitative estimate of drug-likeness (QED) is 0.502. The van der Waals surface area contributed by atoms with Crippen LogP contribution in [0.1, 0.15) is 75.4 Å². The van der Waals surface area contributed by atoms with E-state index in [-0.39, 0.29) is 12.3 Å². The maximum atomic E-state index is 11.7. The van der Waals surface area contributed by atoms with E-state index in [1.54, 1.807) is 5.48 Å². The van der Waals surface area contributed by atoms with Crippen molar-refractivity contribution < 1.29 is 19.3 Å². The Morgan fingerprint density at radius 2 is 2.04 bits per heavy atom. The van der Waals surface area contributed by atoms with E-state index in [4.69, 9.17) is 14.5 Å². The van der Waals surface area contributed by atoms with Crippen LogP contribution in [0.2, 0.25) is 0 Å². The molecule has 1 aromatic heterocycles. The number of nitrogens with one attached hydrogen (secondary N) is 1. The largest absolute Gasteiger partial charge is 0.379 e. The maximum Gasteiger partial charge on any atom is 0.244 e. The minimum atomic E-state index is -0.411. The molecule has 2 heterocycles.